The lowest BCUT2D eigenvalue weighted by Gasteiger charge is -2.28. The number of phosphoric ester groups is 1. The minimum absolute atomic E-state index is 0.293. The van der Waals surface area contributed by atoms with Gasteiger partial charge < -0.3 is 4.74 Å². The van der Waals surface area contributed by atoms with Gasteiger partial charge in [0.05, 0.1) is 26.4 Å². The summed E-state index contributed by atoms with van der Waals surface area (Å²) >= 11 is 0. The highest BCUT2D eigenvalue weighted by Crippen LogP contribution is 2.50. The fraction of sp³-hybridized carbons (Fsp3) is 1.00. The fourth-order valence-corrected chi connectivity index (χ4v) is 2.42. The zero-order chi connectivity index (χ0) is 11.1. The van der Waals surface area contributed by atoms with Crippen LogP contribution in [-0.4, -0.2) is 44.6 Å². The molecule has 0 saturated carbocycles. The van der Waals surface area contributed by atoms with Crippen LogP contribution in [0.15, 0.2) is 0 Å². The normalized spacial score (nSPS) is 19.3. The second kappa shape index (κ2) is 6.58. The van der Waals surface area contributed by atoms with E-state index in [4.69, 9.17) is 18.4 Å². The molecule has 0 aliphatic carbocycles. The van der Waals surface area contributed by atoms with Crippen molar-refractivity contribution in [3.05, 3.63) is 0 Å². The first-order valence-corrected chi connectivity index (χ1v) is 6.57. The molecule has 90 valence electrons. The van der Waals surface area contributed by atoms with Gasteiger partial charge in [-0.1, -0.05) is 0 Å². The lowest BCUT2D eigenvalue weighted by Crippen LogP contribution is -2.35. The van der Waals surface area contributed by atoms with Crippen molar-refractivity contribution >= 4 is 7.82 Å². The minimum atomic E-state index is -3.42. The predicted octanol–water partition coefficient (Wildman–Crippen LogP) is 1.43. The number of hydroxylamine groups is 2. The van der Waals surface area contributed by atoms with Gasteiger partial charge in [-0.2, -0.15) is 9.69 Å². The molecule has 1 aliphatic heterocycles. The van der Waals surface area contributed by atoms with E-state index in [0.717, 1.165) is 0 Å². The van der Waals surface area contributed by atoms with Crippen LogP contribution in [0, 0.1) is 0 Å². The highest BCUT2D eigenvalue weighted by Gasteiger charge is 2.30. The van der Waals surface area contributed by atoms with Crippen LogP contribution in [0.25, 0.3) is 0 Å². The highest BCUT2D eigenvalue weighted by atomic mass is 31.2. The molecule has 1 heterocycles. The highest BCUT2D eigenvalue weighted by molar-refractivity contribution is 7.48. The van der Waals surface area contributed by atoms with Gasteiger partial charge in [0.25, 0.3) is 0 Å². The van der Waals surface area contributed by atoms with E-state index in [2.05, 4.69) is 0 Å². The summed E-state index contributed by atoms with van der Waals surface area (Å²) in [5.41, 5.74) is 0. The van der Waals surface area contributed by atoms with Crippen LogP contribution in [-0.2, 0) is 23.0 Å². The second-order valence-corrected chi connectivity index (χ2v) is 4.48. The first-order chi connectivity index (χ1) is 7.20. The third-order valence-electron chi connectivity index (χ3n) is 1.76. The Bertz CT molecular complexity index is 209. The van der Waals surface area contributed by atoms with E-state index in [0.29, 0.717) is 39.5 Å². The van der Waals surface area contributed by atoms with Crippen LogP contribution >= 0.6 is 7.82 Å². The number of hydrogen-bond donors (Lipinski definition) is 0. The third-order valence-corrected chi connectivity index (χ3v) is 3.34. The molecule has 1 aliphatic rings. The van der Waals surface area contributed by atoms with Crippen molar-refractivity contribution in [2.75, 3.05) is 39.5 Å². The van der Waals surface area contributed by atoms with E-state index in [1.54, 1.807) is 18.9 Å². The Labute approximate surface area is 90.0 Å². The maximum absolute atomic E-state index is 11.9. The molecule has 6 nitrogen and oxygen atoms in total. The molecule has 0 amide bonds. The van der Waals surface area contributed by atoms with Gasteiger partial charge in [0.2, 0.25) is 0 Å². The molecule has 15 heavy (non-hydrogen) atoms. The molecule has 1 saturated heterocycles. The summed E-state index contributed by atoms with van der Waals surface area (Å²) in [6, 6.07) is 0. The Morgan fingerprint density at radius 2 is 1.73 bits per heavy atom. The number of nitrogens with zero attached hydrogens (tertiary/aromatic N) is 1. The lowest BCUT2D eigenvalue weighted by atomic mass is 10.5. The summed E-state index contributed by atoms with van der Waals surface area (Å²) in [6.45, 7) is 6.36. The fourth-order valence-electron chi connectivity index (χ4n) is 1.17. The molecular weight excluding hydrogens is 221 g/mol. The first-order valence-electron chi connectivity index (χ1n) is 5.11. The maximum atomic E-state index is 11.9. The zero-order valence-corrected chi connectivity index (χ0v) is 10.1. The van der Waals surface area contributed by atoms with Crippen molar-refractivity contribution in [1.29, 1.82) is 0 Å². The van der Waals surface area contributed by atoms with E-state index in [1.165, 1.54) is 0 Å². The molecule has 0 unspecified atom stereocenters. The average Bonchev–Trinajstić information content (AvgIpc) is 2.19. The van der Waals surface area contributed by atoms with Crippen molar-refractivity contribution in [2.24, 2.45) is 0 Å². The summed E-state index contributed by atoms with van der Waals surface area (Å²) in [5, 5.41) is 1.57. The van der Waals surface area contributed by atoms with Crippen LogP contribution in [0.5, 0.6) is 0 Å². The molecule has 0 aromatic rings. The molecule has 0 atom stereocenters. The predicted molar refractivity (Wildman–Crippen MR) is 54.3 cm³/mol. The first kappa shape index (κ1) is 13.1. The van der Waals surface area contributed by atoms with Gasteiger partial charge in [-0.25, -0.2) is 4.57 Å². The summed E-state index contributed by atoms with van der Waals surface area (Å²) in [5.74, 6) is 0. The Morgan fingerprint density at radius 3 is 2.20 bits per heavy atom. The smallest absolute Gasteiger partial charge is 0.379 e. The summed E-state index contributed by atoms with van der Waals surface area (Å²) in [4.78, 5) is 0. The molecule has 1 fully saturated rings. The number of ether oxygens (including phenoxy) is 1. The largest absolute Gasteiger partial charge is 0.491 e. The summed E-state index contributed by atoms with van der Waals surface area (Å²) in [6.07, 6.45) is 0. The second-order valence-electron chi connectivity index (χ2n) is 2.91. The van der Waals surface area contributed by atoms with Gasteiger partial charge >= 0.3 is 7.82 Å². The molecular formula is C8H18NO5P. The van der Waals surface area contributed by atoms with E-state index in [9.17, 15) is 4.57 Å². The SMILES string of the molecule is CCOP(=O)(OCC)ON1CCOCC1. The van der Waals surface area contributed by atoms with Gasteiger partial charge in [-0.05, 0) is 13.8 Å². The van der Waals surface area contributed by atoms with Gasteiger partial charge in [-0.15, -0.1) is 0 Å². The molecule has 0 bridgehead atoms. The van der Waals surface area contributed by atoms with Crippen molar-refractivity contribution < 1.29 is 23.0 Å². The monoisotopic (exact) mass is 239 g/mol. The van der Waals surface area contributed by atoms with E-state index < -0.39 is 7.82 Å². The number of phosphoric acid groups is 1. The average molecular weight is 239 g/mol. The van der Waals surface area contributed by atoms with Crippen LogP contribution in [0.4, 0.5) is 0 Å². The molecule has 0 radical (unpaired) electrons. The zero-order valence-electron chi connectivity index (χ0n) is 9.18. The van der Waals surface area contributed by atoms with E-state index >= 15 is 0 Å². The topological polar surface area (TPSA) is 57.2 Å². The van der Waals surface area contributed by atoms with Crippen molar-refractivity contribution in [2.45, 2.75) is 13.8 Å². The Morgan fingerprint density at radius 1 is 1.20 bits per heavy atom. The van der Waals surface area contributed by atoms with Crippen LogP contribution < -0.4 is 0 Å². The van der Waals surface area contributed by atoms with Gasteiger partial charge in [-0.3, -0.25) is 9.05 Å². The Kier molecular flexibility index (Phi) is 5.74. The van der Waals surface area contributed by atoms with Gasteiger partial charge in [0, 0.05) is 13.1 Å². The van der Waals surface area contributed by atoms with E-state index in [1.807, 2.05) is 0 Å². The van der Waals surface area contributed by atoms with Crippen LogP contribution in [0.3, 0.4) is 0 Å². The molecule has 1 rings (SSSR count). The molecule has 0 aromatic carbocycles. The van der Waals surface area contributed by atoms with Gasteiger partial charge in [0.15, 0.2) is 0 Å². The summed E-state index contributed by atoms with van der Waals surface area (Å²) < 4.78 is 32.3. The number of rotatable bonds is 6. The summed E-state index contributed by atoms with van der Waals surface area (Å²) in [7, 11) is -3.42. The van der Waals surface area contributed by atoms with Crippen LogP contribution in [0.2, 0.25) is 0 Å². The maximum Gasteiger partial charge on any atom is 0.491 e. The molecule has 0 spiro atoms. The van der Waals surface area contributed by atoms with Crippen LogP contribution in [0.1, 0.15) is 13.8 Å². The number of hydrogen-bond acceptors (Lipinski definition) is 6. The molecule has 0 N–H and O–H groups in total. The lowest BCUT2D eigenvalue weighted by molar-refractivity contribution is -0.138. The van der Waals surface area contributed by atoms with Crippen molar-refractivity contribution in [3.63, 3.8) is 0 Å². The standard InChI is InChI=1S/C8H18NO5P/c1-3-12-15(10,13-4-2)14-9-5-7-11-8-6-9/h3-8H2,1-2H3. The quantitative estimate of drug-likeness (QED) is 0.653. The third kappa shape index (κ3) is 4.59. The van der Waals surface area contributed by atoms with E-state index in [-0.39, 0.29) is 0 Å². The number of morpholine rings is 1. The molecule has 7 heteroatoms. The Hall–Kier alpha value is 0.0300. The molecule has 0 aromatic heterocycles. The van der Waals surface area contributed by atoms with Crippen molar-refractivity contribution in [3.8, 4) is 0 Å². The van der Waals surface area contributed by atoms with Crippen molar-refractivity contribution in [1.82, 2.24) is 5.06 Å². The van der Waals surface area contributed by atoms with Gasteiger partial charge in [0.1, 0.15) is 0 Å². The minimum Gasteiger partial charge on any atom is -0.379 e. The Balaban J connectivity index is 2.45.